The first-order chi connectivity index (χ1) is 45.4. The first-order valence-corrected chi connectivity index (χ1v) is 32.0. The highest BCUT2D eigenvalue weighted by molar-refractivity contribution is 6.26. The van der Waals surface area contributed by atoms with Crippen LogP contribution in [0.15, 0.2) is 334 Å². The van der Waals surface area contributed by atoms with Gasteiger partial charge in [0.05, 0.1) is 16.7 Å². The second-order valence-corrected chi connectivity index (χ2v) is 25.2. The summed E-state index contributed by atoms with van der Waals surface area (Å²) in [5.41, 5.74) is 22.3. The van der Waals surface area contributed by atoms with Crippen LogP contribution in [0.1, 0.15) is 25.0 Å². The fraction of sp³-hybridized carbons (Fsp3) is 0.0337. The Labute approximate surface area is 535 Å². The van der Waals surface area contributed by atoms with Crippen molar-refractivity contribution in [3.05, 3.63) is 345 Å². The lowest BCUT2D eigenvalue weighted by Gasteiger charge is -2.29. The predicted octanol–water partition coefficient (Wildman–Crippen LogP) is 24.8. The molecule has 92 heavy (non-hydrogen) atoms. The second kappa shape index (κ2) is 21.2. The number of aromatic nitrogens is 1. The Morgan fingerprint density at radius 1 is 0.239 bits per heavy atom. The van der Waals surface area contributed by atoms with E-state index in [1.807, 2.05) is 0 Å². The van der Waals surface area contributed by atoms with Crippen molar-refractivity contribution < 1.29 is 0 Å². The first-order valence-electron chi connectivity index (χ1n) is 32.0. The number of anilines is 6. The molecule has 18 rings (SSSR count). The van der Waals surface area contributed by atoms with Gasteiger partial charge >= 0.3 is 0 Å². The van der Waals surface area contributed by atoms with Gasteiger partial charge in [0.15, 0.2) is 0 Å². The lowest BCUT2D eigenvalue weighted by molar-refractivity contribution is 0.660. The third-order valence-corrected chi connectivity index (χ3v) is 19.7. The zero-order chi connectivity index (χ0) is 61.0. The number of nitrogens with zero attached hydrogens (tertiary/aromatic N) is 3. The quantitative estimate of drug-likeness (QED) is 0.126. The zero-order valence-electron chi connectivity index (χ0n) is 51.1. The first kappa shape index (κ1) is 53.3. The van der Waals surface area contributed by atoms with Gasteiger partial charge in [-0.3, -0.25) is 0 Å². The molecule has 0 unspecified atom stereocenters. The molecule has 0 aliphatic heterocycles. The molecule has 1 aliphatic carbocycles. The van der Waals surface area contributed by atoms with Crippen LogP contribution in [0.2, 0.25) is 0 Å². The van der Waals surface area contributed by atoms with Crippen molar-refractivity contribution in [2.75, 3.05) is 9.80 Å². The van der Waals surface area contributed by atoms with Crippen LogP contribution in [-0.2, 0) is 5.41 Å². The van der Waals surface area contributed by atoms with Gasteiger partial charge in [0.25, 0.3) is 0 Å². The van der Waals surface area contributed by atoms with Gasteiger partial charge in [0.2, 0.25) is 0 Å². The van der Waals surface area contributed by atoms with E-state index in [4.69, 9.17) is 0 Å². The van der Waals surface area contributed by atoms with Gasteiger partial charge in [-0.25, -0.2) is 0 Å². The van der Waals surface area contributed by atoms with Gasteiger partial charge in [-0.05, 0) is 207 Å². The Morgan fingerprint density at radius 3 is 1.30 bits per heavy atom. The fourth-order valence-electron chi connectivity index (χ4n) is 15.3. The molecule has 0 spiro atoms. The number of benzene rings is 16. The van der Waals surface area contributed by atoms with Gasteiger partial charge in [0.1, 0.15) is 0 Å². The lowest BCUT2D eigenvalue weighted by atomic mass is 9.82. The van der Waals surface area contributed by atoms with Gasteiger partial charge in [0, 0.05) is 55.7 Å². The largest absolute Gasteiger partial charge is 0.310 e. The number of rotatable bonds is 10. The lowest BCUT2D eigenvalue weighted by Crippen LogP contribution is -2.17. The topological polar surface area (TPSA) is 11.4 Å². The highest BCUT2D eigenvalue weighted by atomic mass is 15.1. The van der Waals surface area contributed by atoms with Crippen LogP contribution in [0.5, 0.6) is 0 Å². The van der Waals surface area contributed by atoms with E-state index in [1.165, 1.54) is 131 Å². The van der Waals surface area contributed by atoms with Gasteiger partial charge in [-0.2, -0.15) is 0 Å². The number of hydrogen-bond acceptors (Lipinski definition) is 2. The normalized spacial score (nSPS) is 12.5. The van der Waals surface area contributed by atoms with Crippen LogP contribution < -0.4 is 9.80 Å². The van der Waals surface area contributed by atoms with Gasteiger partial charge in [-0.1, -0.05) is 244 Å². The third kappa shape index (κ3) is 8.50. The van der Waals surface area contributed by atoms with Crippen molar-refractivity contribution in [1.82, 2.24) is 4.57 Å². The molecule has 0 amide bonds. The Kier molecular flexibility index (Phi) is 12.3. The van der Waals surface area contributed by atoms with E-state index >= 15 is 0 Å². The second-order valence-electron chi connectivity index (χ2n) is 25.2. The van der Waals surface area contributed by atoms with E-state index < -0.39 is 0 Å². The maximum Gasteiger partial charge on any atom is 0.0541 e. The molecule has 0 N–H and O–H groups in total. The minimum atomic E-state index is -0.317. The predicted molar refractivity (Wildman–Crippen MR) is 392 cm³/mol. The maximum absolute atomic E-state index is 2.46. The molecule has 3 heteroatoms. The molecule has 0 atom stereocenters. The van der Waals surface area contributed by atoms with Crippen LogP contribution in [0.25, 0.3) is 126 Å². The third-order valence-electron chi connectivity index (χ3n) is 19.7. The SMILES string of the molecule is CC1(C)c2cc(N(c3ccc(-c4ccc5c6ccccc6c6ccccc6c5c4)cc3)c3ccc(-c4ccc(-c5ccc6c(c5)c5ccccc5n6-c5ccccc5)c5ccccc45)cc3)ccc2-c2ccc(N(c3ccccc3)c3cccc4ccccc34)cc21. The molecule has 3 nitrogen and oxygen atoms in total. The van der Waals surface area contributed by atoms with Crippen LogP contribution in [0.3, 0.4) is 0 Å². The van der Waals surface area contributed by atoms with Crippen molar-refractivity contribution in [3.63, 3.8) is 0 Å². The van der Waals surface area contributed by atoms with Crippen molar-refractivity contribution in [2.24, 2.45) is 0 Å². The summed E-state index contributed by atoms with van der Waals surface area (Å²) in [7, 11) is 0. The van der Waals surface area contributed by atoms with E-state index in [0.29, 0.717) is 0 Å². The Balaban J connectivity index is 0.738. The number of para-hydroxylation sites is 3. The average molecular weight is 1170 g/mol. The summed E-state index contributed by atoms with van der Waals surface area (Å²) >= 11 is 0. The summed E-state index contributed by atoms with van der Waals surface area (Å²) in [4.78, 5) is 4.87. The molecule has 1 aromatic heterocycles. The maximum atomic E-state index is 2.46. The molecular formula is C89H61N3. The highest BCUT2D eigenvalue weighted by Crippen LogP contribution is 2.53. The molecule has 17 aromatic rings. The molecule has 0 saturated carbocycles. The molecule has 0 bridgehead atoms. The minimum Gasteiger partial charge on any atom is -0.310 e. The number of fused-ring (bicyclic) bond motifs is 14. The van der Waals surface area contributed by atoms with Crippen molar-refractivity contribution in [2.45, 2.75) is 19.3 Å². The molecular weight excluding hydrogens is 1110 g/mol. The molecule has 432 valence electrons. The summed E-state index contributed by atoms with van der Waals surface area (Å²) in [6.45, 7) is 4.80. The van der Waals surface area contributed by atoms with Gasteiger partial charge < -0.3 is 14.4 Å². The highest BCUT2D eigenvalue weighted by Gasteiger charge is 2.37. The summed E-state index contributed by atoms with van der Waals surface area (Å²) in [6.07, 6.45) is 0. The summed E-state index contributed by atoms with van der Waals surface area (Å²) in [6, 6.07) is 124. The van der Waals surface area contributed by atoms with Gasteiger partial charge in [-0.15, -0.1) is 0 Å². The van der Waals surface area contributed by atoms with E-state index in [2.05, 4.69) is 362 Å². The molecule has 0 fully saturated rings. The summed E-state index contributed by atoms with van der Waals surface area (Å²) in [5.74, 6) is 0. The van der Waals surface area contributed by atoms with Crippen LogP contribution in [0.4, 0.5) is 34.1 Å². The molecule has 1 heterocycles. The Hall–Kier alpha value is -11.8. The van der Waals surface area contributed by atoms with Crippen molar-refractivity contribution in [1.29, 1.82) is 0 Å². The van der Waals surface area contributed by atoms with Crippen LogP contribution in [0, 0.1) is 0 Å². The van der Waals surface area contributed by atoms with E-state index in [1.54, 1.807) is 0 Å². The summed E-state index contributed by atoms with van der Waals surface area (Å²) < 4.78 is 2.39. The van der Waals surface area contributed by atoms with E-state index in [9.17, 15) is 0 Å². The zero-order valence-corrected chi connectivity index (χ0v) is 51.1. The average Bonchev–Trinajstić information content (AvgIpc) is 0.922. The fourth-order valence-corrected chi connectivity index (χ4v) is 15.3. The van der Waals surface area contributed by atoms with Crippen LogP contribution >= 0.6 is 0 Å². The van der Waals surface area contributed by atoms with Crippen molar-refractivity contribution >= 4 is 110 Å². The molecule has 16 aromatic carbocycles. The standard InChI is InChI=1S/C89H61N3/c1-89(2)84-56-67(46-49-79(84)80-50-47-68(57-85(80)89)91(63-22-5-3-6-23-63)86-35-19-21-59-20-9-10-26-71(59)86)90(65-42-36-58(37-43-65)61-40-48-78-76-31-14-13-29-74(76)75-30-15-16-32-77(75)82(78)54-61)66-44-38-60(39-45-66)69-51-52-70(73-28-12-11-27-72(69)73)62-41-53-88-83(55-62)81-33-17-18-34-87(81)92(88)64-24-7-4-8-25-64/h3-57H,1-2H3. The Morgan fingerprint density at radius 2 is 0.663 bits per heavy atom. The molecule has 0 radical (unpaired) electrons. The van der Waals surface area contributed by atoms with E-state index in [0.717, 1.165) is 39.8 Å². The number of hydrogen-bond donors (Lipinski definition) is 0. The van der Waals surface area contributed by atoms with Crippen LogP contribution in [-0.4, -0.2) is 4.57 Å². The molecule has 1 aliphatic rings. The molecule has 0 saturated heterocycles. The summed E-state index contributed by atoms with van der Waals surface area (Å²) in [5, 5.41) is 15.0. The monoisotopic (exact) mass is 1170 g/mol. The van der Waals surface area contributed by atoms with Crippen molar-refractivity contribution in [3.8, 4) is 50.2 Å². The smallest absolute Gasteiger partial charge is 0.0541 e. The Bertz CT molecular complexity index is 5740. The minimum absolute atomic E-state index is 0.317. The van der Waals surface area contributed by atoms with E-state index in [-0.39, 0.29) is 5.41 Å².